The second-order valence-electron chi connectivity index (χ2n) is 7.29. The van der Waals surface area contributed by atoms with E-state index in [1.165, 1.54) is 10.9 Å². The molecule has 27 heavy (non-hydrogen) atoms. The Morgan fingerprint density at radius 1 is 1.15 bits per heavy atom. The highest BCUT2D eigenvalue weighted by Crippen LogP contribution is 2.33. The lowest BCUT2D eigenvalue weighted by Crippen LogP contribution is -2.50. The number of hydrogen-bond acceptors (Lipinski definition) is 6. The van der Waals surface area contributed by atoms with Gasteiger partial charge in [0.1, 0.15) is 16.5 Å². The lowest BCUT2D eigenvalue weighted by atomic mass is 10.1. The van der Waals surface area contributed by atoms with Crippen LogP contribution in [0.4, 0.5) is 5.82 Å². The normalized spacial score (nSPS) is 23.1. The van der Waals surface area contributed by atoms with Crippen LogP contribution in [-0.2, 0) is 17.7 Å². The Hall–Kier alpha value is -2.02. The molecule has 2 atom stereocenters. The minimum atomic E-state index is 0.246. The largest absolute Gasteiger partial charge is 0.373 e. The summed E-state index contributed by atoms with van der Waals surface area (Å²) in [6, 6.07) is 13.3. The maximum atomic E-state index is 6.15. The highest BCUT2D eigenvalue weighted by atomic mass is 32.1. The molecule has 0 N–H and O–H groups in total. The third-order valence-electron chi connectivity index (χ3n) is 5.61. The van der Waals surface area contributed by atoms with Crippen molar-refractivity contribution >= 4 is 27.4 Å². The second kappa shape index (κ2) is 7.19. The molecule has 2 saturated heterocycles. The average molecular weight is 381 g/mol. The van der Waals surface area contributed by atoms with Gasteiger partial charge < -0.3 is 9.64 Å². The quantitative estimate of drug-likeness (QED) is 0.694. The van der Waals surface area contributed by atoms with E-state index in [-0.39, 0.29) is 6.10 Å². The van der Waals surface area contributed by atoms with Crippen molar-refractivity contribution in [2.24, 2.45) is 0 Å². The first-order chi connectivity index (χ1) is 13.3. The maximum Gasteiger partial charge on any atom is 0.141 e. The summed E-state index contributed by atoms with van der Waals surface area (Å²) in [7, 11) is 0. The minimum Gasteiger partial charge on any atom is -0.373 e. The molecule has 2 aliphatic heterocycles. The molecule has 140 valence electrons. The molecule has 4 heterocycles. The zero-order valence-electron chi connectivity index (χ0n) is 15.5. The molecule has 0 aliphatic carbocycles. The van der Waals surface area contributed by atoms with Crippen LogP contribution < -0.4 is 4.90 Å². The van der Waals surface area contributed by atoms with E-state index in [1.54, 1.807) is 11.3 Å². The fraction of sp³-hybridized carbons (Fsp3) is 0.429. The molecular weight excluding hydrogens is 356 g/mol. The van der Waals surface area contributed by atoms with Gasteiger partial charge in [-0.1, -0.05) is 37.3 Å². The predicted octanol–water partition coefficient (Wildman–Crippen LogP) is 3.34. The summed E-state index contributed by atoms with van der Waals surface area (Å²) in [5.41, 5.74) is 1.37. The van der Waals surface area contributed by atoms with Crippen molar-refractivity contribution in [2.75, 3.05) is 31.1 Å². The molecule has 2 fully saturated rings. The predicted molar refractivity (Wildman–Crippen MR) is 109 cm³/mol. The van der Waals surface area contributed by atoms with Crippen LogP contribution in [0, 0.1) is 0 Å². The lowest BCUT2D eigenvalue weighted by Gasteiger charge is -2.36. The molecule has 0 spiro atoms. The SMILES string of the molecule is CCc1nc(N2CC3OCCN(Cc4ccccc4)C3C2)c2ccsc2n1. The van der Waals surface area contributed by atoms with E-state index in [0.717, 1.165) is 55.7 Å². The Balaban J connectivity index is 1.42. The number of benzene rings is 1. The molecule has 5 rings (SSSR count). The van der Waals surface area contributed by atoms with Gasteiger partial charge in [0.15, 0.2) is 0 Å². The second-order valence-corrected chi connectivity index (χ2v) is 8.19. The molecule has 0 radical (unpaired) electrons. The number of aryl methyl sites for hydroxylation is 1. The van der Waals surface area contributed by atoms with Crippen LogP contribution in [0.2, 0.25) is 0 Å². The van der Waals surface area contributed by atoms with Crippen LogP contribution in [0.5, 0.6) is 0 Å². The Bertz CT molecular complexity index is 928. The molecule has 6 heteroatoms. The molecule has 0 amide bonds. The Labute approximate surface area is 163 Å². The van der Waals surface area contributed by atoms with E-state index >= 15 is 0 Å². The molecular formula is C21H24N4OS. The highest BCUT2D eigenvalue weighted by molar-refractivity contribution is 7.16. The van der Waals surface area contributed by atoms with Crippen molar-refractivity contribution < 1.29 is 4.74 Å². The summed E-state index contributed by atoms with van der Waals surface area (Å²) < 4.78 is 6.15. The third kappa shape index (κ3) is 3.22. The Kier molecular flexibility index (Phi) is 4.55. The van der Waals surface area contributed by atoms with Gasteiger partial charge in [0.05, 0.1) is 24.1 Å². The van der Waals surface area contributed by atoms with Gasteiger partial charge in [-0.15, -0.1) is 11.3 Å². The summed E-state index contributed by atoms with van der Waals surface area (Å²) in [4.78, 5) is 15.7. The van der Waals surface area contributed by atoms with Crippen molar-refractivity contribution in [1.29, 1.82) is 0 Å². The molecule has 3 aromatic rings. The lowest BCUT2D eigenvalue weighted by molar-refractivity contribution is -0.0499. The van der Waals surface area contributed by atoms with Crippen LogP contribution in [0.25, 0.3) is 10.2 Å². The van der Waals surface area contributed by atoms with Crippen molar-refractivity contribution in [3.05, 3.63) is 53.2 Å². The molecule has 2 aliphatic rings. The number of hydrogen-bond donors (Lipinski definition) is 0. The Morgan fingerprint density at radius 3 is 2.89 bits per heavy atom. The minimum absolute atomic E-state index is 0.246. The van der Waals surface area contributed by atoms with Gasteiger partial charge in [-0.25, -0.2) is 9.97 Å². The maximum absolute atomic E-state index is 6.15. The number of rotatable bonds is 4. The van der Waals surface area contributed by atoms with Gasteiger partial charge in [-0.3, -0.25) is 4.90 Å². The van der Waals surface area contributed by atoms with Crippen LogP contribution in [0.3, 0.4) is 0 Å². The summed E-state index contributed by atoms with van der Waals surface area (Å²) in [6.45, 7) is 6.76. The zero-order chi connectivity index (χ0) is 18.2. The molecule has 1 aromatic carbocycles. The molecule has 0 saturated carbocycles. The number of morpholine rings is 1. The Morgan fingerprint density at radius 2 is 2.04 bits per heavy atom. The summed E-state index contributed by atoms with van der Waals surface area (Å²) in [5.74, 6) is 2.01. The van der Waals surface area contributed by atoms with E-state index in [2.05, 4.69) is 63.5 Å². The number of ether oxygens (including phenoxy) is 1. The summed E-state index contributed by atoms with van der Waals surface area (Å²) in [6.07, 6.45) is 1.11. The average Bonchev–Trinajstić information content (AvgIpc) is 3.35. The first-order valence-electron chi connectivity index (χ1n) is 9.70. The topological polar surface area (TPSA) is 41.5 Å². The van der Waals surface area contributed by atoms with Gasteiger partial charge in [0.25, 0.3) is 0 Å². The van der Waals surface area contributed by atoms with E-state index in [1.807, 2.05) is 0 Å². The first-order valence-corrected chi connectivity index (χ1v) is 10.6. The first kappa shape index (κ1) is 17.1. The van der Waals surface area contributed by atoms with Gasteiger partial charge in [0.2, 0.25) is 0 Å². The summed E-state index contributed by atoms with van der Waals surface area (Å²) in [5, 5.41) is 3.29. The standard InChI is InChI=1S/C21H24N4OS/c1-2-19-22-20(16-8-11-27-21(16)23-19)25-13-17-18(14-25)26-10-9-24(17)12-15-6-4-3-5-7-15/h3-8,11,17-18H,2,9-10,12-14H2,1H3. The number of thiophene rings is 1. The highest BCUT2D eigenvalue weighted by Gasteiger charge is 2.41. The number of aromatic nitrogens is 2. The fourth-order valence-corrected chi connectivity index (χ4v) is 5.00. The molecule has 2 aromatic heterocycles. The molecule has 0 bridgehead atoms. The van der Waals surface area contributed by atoms with Gasteiger partial charge >= 0.3 is 0 Å². The number of nitrogens with zero attached hydrogens (tertiary/aromatic N) is 4. The van der Waals surface area contributed by atoms with E-state index < -0.39 is 0 Å². The number of fused-ring (bicyclic) bond motifs is 2. The monoisotopic (exact) mass is 380 g/mol. The van der Waals surface area contributed by atoms with E-state index in [0.29, 0.717) is 6.04 Å². The van der Waals surface area contributed by atoms with Gasteiger partial charge in [-0.2, -0.15) is 0 Å². The van der Waals surface area contributed by atoms with Crippen LogP contribution in [-0.4, -0.2) is 53.3 Å². The fourth-order valence-electron chi connectivity index (χ4n) is 4.23. The van der Waals surface area contributed by atoms with E-state index in [9.17, 15) is 0 Å². The van der Waals surface area contributed by atoms with Crippen molar-refractivity contribution in [1.82, 2.24) is 14.9 Å². The van der Waals surface area contributed by atoms with Crippen LogP contribution in [0.15, 0.2) is 41.8 Å². The number of anilines is 1. The van der Waals surface area contributed by atoms with E-state index in [4.69, 9.17) is 9.72 Å². The van der Waals surface area contributed by atoms with Crippen molar-refractivity contribution in [3.63, 3.8) is 0 Å². The molecule has 2 unspecified atom stereocenters. The van der Waals surface area contributed by atoms with Gasteiger partial charge in [-0.05, 0) is 17.0 Å². The summed E-state index contributed by atoms with van der Waals surface area (Å²) >= 11 is 1.70. The van der Waals surface area contributed by atoms with Crippen LogP contribution in [0.1, 0.15) is 18.3 Å². The third-order valence-corrected chi connectivity index (χ3v) is 6.42. The van der Waals surface area contributed by atoms with Crippen LogP contribution >= 0.6 is 11.3 Å². The molecule has 5 nitrogen and oxygen atoms in total. The zero-order valence-corrected chi connectivity index (χ0v) is 16.4. The van der Waals surface area contributed by atoms with Crippen molar-refractivity contribution in [2.45, 2.75) is 32.0 Å². The smallest absolute Gasteiger partial charge is 0.141 e. The van der Waals surface area contributed by atoms with Crippen molar-refractivity contribution in [3.8, 4) is 0 Å². The van der Waals surface area contributed by atoms with Gasteiger partial charge in [0, 0.05) is 32.6 Å².